The summed E-state index contributed by atoms with van der Waals surface area (Å²) in [5, 5.41) is 0. The summed E-state index contributed by atoms with van der Waals surface area (Å²) in [6.45, 7) is 4.57. The van der Waals surface area contributed by atoms with Crippen LogP contribution in [0.1, 0.15) is 13.3 Å². The SMILES string of the molecule is CC(=O)N1CCCN(c2cc3[nH]c(=O)oc3cc2N)CC1. The van der Waals surface area contributed by atoms with Crippen molar-refractivity contribution >= 4 is 28.4 Å². The molecule has 3 N–H and O–H groups in total. The highest BCUT2D eigenvalue weighted by atomic mass is 16.4. The molecular weight excluding hydrogens is 272 g/mol. The number of nitrogens with one attached hydrogen (secondary N) is 1. The van der Waals surface area contributed by atoms with Gasteiger partial charge in [-0.25, -0.2) is 4.79 Å². The van der Waals surface area contributed by atoms with Crippen LogP contribution in [-0.4, -0.2) is 42.0 Å². The van der Waals surface area contributed by atoms with E-state index in [1.54, 1.807) is 13.0 Å². The van der Waals surface area contributed by atoms with E-state index in [9.17, 15) is 9.59 Å². The maximum absolute atomic E-state index is 11.5. The zero-order valence-corrected chi connectivity index (χ0v) is 11.9. The number of nitrogens with zero attached hydrogens (tertiary/aromatic N) is 2. The number of fused-ring (bicyclic) bond motifs is 1. The predicted molar refractivity (Wildman–Crippen MR) is 80.3 cm³/mol. The van der Waals surface area contributed by atoms with Gasteiger partial charge in [0.1, 0.15) is 0 Å². The molecule has 1 amide bonds. The first-order chi connectivity index (χ1) is 10.0. The van der Waals surface area contributed by atoms with Crippen LogP contribution in [0.3, 0.4) is 0 Å². The molecule has 1 fully saturated rings. The fraction of sp³-hybridized carbons (Fsp3) is 0.429. The number of hydrogen-bond acceptors (Lipinski definition) is 5. The Morgan fingerprint density at radius 3 is 2.86 bits per heavy atom. The third kappa shape index (κ3) is 2.58. The van der Waals surface area contributed by atoms with Gasteiger partial charge in [-0.05, 0) is 12.5 Å². The zero-order chi connectivity index (χ0) is 15.0. The molecule has 0 atom stereocenters. The molecule has 0 spiro atoms. The molecule has 2 heterocycles. The maximum atomic E-state index is 11.5. The first-order valence-electron chi connectivity index (χ1n) is 6.97. The number of aromatic nitrogens is 1. The van der Waals surface area contributed by atoms with Crippen molar-refractivity contribution in [1.82, 2.24) is 9.88 Å². The predicted octanol–water partition coefficient (Wildman–Crippen LogP) is 0.762. The van der Waals surface area contributed by atoms with Crippen molar-refractivity contribution in [3.05, 3.63) is 22.7 Å². The molecule has 7 heteroatoms. The lowest BCUT2D eigenvalue weighted by molar-refractivity contribution is -0.128. The van der Waals surface area contributed by atoms with Gasteiger partial charge in [-0.2, -0.15) is 0 Å². The zero-order valence-electron chi connectivity index (χ0n) is 11.9. The summed E-state index contributed by atoms with van der Waals surface area (Å²) in [6, 6.07) is 3.50. The Hall–Kier alpha value is -2.44. The Morgan fingerprint density at radius 1 is 1.29 bits per heavy atom. The highest BCUT2D eigenvalue weighted by molar-refractivity contribution is 5.85. The van der Waals surface area contributed by atoms with Gasteiger partial charge in [0.05, 0.1) is 16.9 Å². The third-order valence-corrected chi connectivity index (χ3v) is 3.85. The van der Waals surface area contributed by atoms with Crippen LogP contribution in [-0.2, 0) is 4.79 Å². The summed E-state index contributed by atoms with van der Waals surface area (Å²) < 4.78 is 5.00. The standard InChI is InChI=1S/C14H18N4O3/c1-9(19)17-3-2-4-18(6-5-17)12-8-11-13(7-10(12)15)21-14(20)16-11/h7-8H,2-6,15H2,1H3,(H,16,20). The number of carbonyl (C=O) groups excluding carboxylic acids is 1. The summed E-state index contributed by atoms with van der Waals surface area (Å²) >= 11 is 0. The van der Waals surface area contributed by atoms with E-state index in [1.165, 1.54) is 0 Å². The highest BCUT2D eigenvalue weighted by Gasteiger charge is 2.19. The van der Waals surface area contributed by atoms with Crippen molar-refractivity contribution in [1.29, 1.82) is 0 Å². The van der Waals surface area contributed by atoms with Gasteiger partial charge in [0.2, 0.25) is 5.91 Å². The summed E-state index contributed by atoms with van der Waals surface area (Å²) in [6.07, 6.45) is 0.888. The van der Waals surface area contributed by atoms with Crippen molar-refractivity contribution < 1.29 is 9.21 Å². The van der Waals surface area contributed by atoms with E-state index < -0.39 is 5.76 Å². The fourth-order valence-corrected chi connectivity index (χ4v) is 2.75. The molecule has 0 saturated carbocycles. The van der Waals surface area contributed by atoms with Crippen LogP contribution in [0.4, 0.5) is 11.4 Å². The van der Waals surface area contributed by atoms with Gasteiger partial charge in [0, 0.05) is 39.2 Å². The van der Waals surface area contributed by atoms with Gasteiger partial charge in [0.15, 0.2) is 5.58 Å². The molecule has 21 heavy (non-hydrogen) atoms. The lowest BCUT2D eigenvalue weighted by Gasteiger charge is -2.24. The Balaban J connectivity index is 1.90. The second kappa shape index (κ2) is 5.16. The van der Waals surface area contributed by atoms with E-state index in [-0.39, 0.29) is 5.91 Å². The first-order valence-corrected chi connectivity index (χ1v) is 6.97. The first kappa shape index (κ1) is 13.5. The lowest BCUT2D eigenvalue weighted by Crippen LogP contribution is -2.33. The van der Waals surface area contributed by atoms with Crippen LogP contribution in [0.25, 0.3) is 11.1 Å². The Bertz CT molecular complexity index is 733. The average Bonchev–Trinajstić information content (AvgIpc) is 2.63. The maximum Gasteiger partial charge on any atom is 0.417 e. The van der Waals surface area contributed by atoms with Crippen molar-refractivity contribution in [2.75, 3.05) is 36.8 Å². The molecule has 0 aliphatic carbocycles. The molecule has 1 aliphatic heterocycles. The molecule has 1 aliphatic rings. The number of benzene rings is 1. The van der Waals surface area contributed by atoms with Gasteiger partial charge in [-0.1, -0.05) is 0 Å². The third-order valence-electron chi connectivity index (χ3n) is 3.85. The van der Waals surface area contributed by atoms with E-state index in [4.69, 9.17) is 10.2 Å². The van der Waals surface area contributed by atoms with Gasteiger partial charge in [-0.15, -0.1) is 0 Å². The lowest BCUT2D eigenvalue weighted by atomic mass is 10.2. The smallest absolute Gasteiger partial charge is 0.408 e. The van der Waals surface area contributed by atoms with Gasteiger partial charge >= 0.3 is 5.76 Å². The van der Waals surface area contributed by atoms with Gasteiger partial charge in [-0.3, -0.25) is 9.78 Å². The van der Waals surface area contributed by atoms with Crippen molar-refractivity contribution in [3.63, 3.8) is 0 Å². The summed E-state index contributed by atoms with van der Waals surface area (Å²) in [5.74, 6) is -0.389. The van der Waals surface area contributed by atoms with E-state index in [0.29, 0.717) is 23.3 Å². The highest BCUT2D eigenvalue weighted by Crippen LogP contribution is 2.28. The number of H-pyrrole nitrogens is 1. The number of rotatable bonds is 1. The largest absolute Gasteiger partial charge is 0.417 e. The van der Waals surface area contributed by atoms with Gasteiger partial charge in [0.25, 0.3) is 0 Å². The fourth-order valence-electron chi connectivity index (χ4n) is 2.75. The van der Waals surface area contributed by atoms with E-state index in [2.05, 4.69) is 9.88 Å². The van der Waals surface area contributed by atoms with E-state index >= 15 is 0 Å². The Morgan fingerprint density at radius 2 is 2.10 bits per heavy atom. The quantitative estimate of drug-likeness (QED) is 0.756. The Kier molecular flexibility index (Phi) is 3.32. The van der Waals surface area contributed by atoms with E-state index in [1.807, 2.05) is 11.0 Å². The van der Waals surface area contributed by atoms with Crippen molar-refractivity contribution in [3.8, 4) is 0 Å². The Labute approximate surface area is 121 Å². The van der Waals surface area contributed by atoms with Crippen LogP contribution in [0, 0.1) is 0 Å². The van der Waals surface area contributed by atoms with Gasteiger partial charge < -0.3 is 20.0 Å². The molecule has 112 valence electrons. The van der Waals surface area contributed by atoms with Crippen LogP contribution in [0.15, 0.2) is 21.3 Å². The van der Waals surface area contributed by atoms with Crippen molar-refractivity contribution in [2.24, 2.45) is 0 Å². The topological polar surface area (TPSA) is 95.6 Å². The number of carbonyl (C=O) groups is 1. The normalized spacial score (nSPS) is 16.2. The molecule has 1 aromatic heterocycles. The number of nitrogen functional groups attached to an aromatic ring is 1. The number of oxazole rings is 1. The number of aromatic amines is 1. The molecule has 7 nitrogen and oxygen atoms in total. The minimum atomic E-state index is -0.486. The number of amides is 1. The molecule has 1 aromatic carbocycles. The molecule has 0 radical (unpaired) electrons. The summed E-state index contributed by atoms with van der Waals surface area (Å²) in [7, 11) is 0. The van der Waals surface area contributed by atoms with Crippen LogP contribution >= 0.6 is 0 Å². The molecule has 3 rings (SSSR count). The molecule has 0 unspecified atom stereocenters. The number of hydrogen-bond donors (Lipinski definition) is 2. The molecule has 2 aromatic rings. The van der Waals surface area contributed by atoms with Crippen molar-refractivity contribution in [2.45, 2.75) is 13.3 Å². The second-order valence-corrected chi connectivity index (χ2v) is 5.27. The molecular formula is C14H18N4O3. The number of nitrogens with two attached hydrogens (primary N) is 1. The minimum absolute atomic E-state index is 0.0967. The van der Waals surface area contributed by atoms with Crippen LogP contribution in [0.5, 0.6) is 0 Å². The average molecular weight is 290 g/mol. The second-order valence-electron chi connectivity index (χ2n) is 5.27. The molecule has 0 bridgehead atoms. The monoisotopic (exact) mass is 290 g/mol. The number of anilines is 2. The summed E-state index contributed by atoms with van der Waals surface area (Å²) in [5.41, 5.74) is 8.61. The minimum Gasteiger partial charge on any atom is -0.408 e. The van der Waals surface area contributed by atoms with Crippen LogP contribution < -0.4 is 16.4 Å². The van der Waals surface area contributed by atoms with E-state index in [0.717, 1.165) is 31.7 Å². The molecule has 1 saturated heterocycles. The summed E-state index contributed by atoms with van der Waals surface area (Å²) in [4.78, 5) is 29.3. The van der Waals surface area contributed by atoms with Crippen LogP contribution in [0.2, 0.25) is 0 Å².